The molecule has 0 aliphatic carbocycles. The minimum absolute atomic E-state index is 0.0573. The minimum atomic E-state index is -0.513. The van der Waals surface area contributed by atoms with Gasteiger partial charge in [-0.1, -0.05) is 13.8 Å². The molecule has 2 rings (SSSR count). The largest absolute Gasteiger partial charge is 0.346 e. The van der Waals surface area contributed by atoms with E-state index in [0.29, 0.717) is 13.1 Å². The van der Waals surface area contributed by atoms with Gasteiger partial charge in [0.15, 0.2) is 5.69 Å². The number of carbonyl (C=O) groups excluding carboxylic acids is 2. The Balaban J connectivity index is 2.00. The van der Waals surface area contributed by atoms with Crippen molar-refractivity contribution in [2.75, 3.05) is 13.1 Å². The fourth-order valence-electron chi connectivity index (χ4n) is 2.43. The SMILES string of the molecule is CC(C)C(=O)N1CCCC(NC(=O)c2ncc[nH]c2=O)C1. The summed E-state index contributed by atoms with van der Waals surface area (Å²) >= 11 is 0. The Morgan fingerprint density at radius 2 is 2.24 bits per heavy atom. The highest BCUT2D eigenvalue weighted by Gasteiger charge is 2.26. The number of amides is 2. The van der Waals surface area contributed by atoms with Crippen molar-refractivity contribution >= 4 is 11.8 Å². The molecule has 2 heterocycles. The predicted octanol–water partition coefficient (Wildman–Crippen LogP) is 0.147. The first-order valence-electron chi connectivity index (χ1n) is 7.12. The molecule has 1 saturated heterocycles. The fraction of sp³-hybridized carbons (Fsp3) is 0.571. The van der Waals surface area contributed by atoms with Crippen LogP contribution in [0.3, 0.4) is 0 Å². The lowest BCUT2D eigenvalue weighted by atomic mass is 10.0. The molecule has 1 unspecified atom stereocenters. The molecule has 1 atom stereocenters. The van der Waals surface area contributed by atoms with Crippen molar-refractivity contribution in [3.63, 3.8) is 0 Å². The van der Waals surface area contributed by atoms with Crippen molar-refractivity contribution < 1.29 is 9.59 Å². The number of hydrogen-bond acceptors (Lipinski definition) is 4. The molecule has 0 bridgehead atoms. The molecule has 2 amide bonds. The number of nitrogens with one attached hydrogen (secondary N) is 2. The molecule has 0 saturated carbocycles. The first-order chi connectivity index (χ1) is 9.99. The second-order valence-corrected chi connectivity index (χ2v) is 5.52. The summed E-state index contributed by atoms with van der Waals surface area (Å²) in [6, 6.07) is -0.143. The van der Waals surface area contributed by atoms with E-state index in [2.05, 4.69) is 15.3 Å². The van der Waals surface area contributed by atoms with Crippen molar-refractivity contribution in [3.8, 4) is 0 Å². The summed E-state index contributed by atoms with van der Waals surface area (Å²) in [4.78, 5) is 43.5. The van der Waals surface area contributed by atoms with E-state index >= 15 is 0 Å². The summed E-state index contributed by atoms with van der Waals surface area (Å²) in [5, 5.41) is 2.78. The van der Waals surface area contributed by atoms with Crippen LogP contribution in [-0.2, 0) is 4.79 Å². The van der Waals surface area contributed by atoms with E-state index in [1.807, 2.05) is 13.8 Å². The third-order valence-electron chi connectivity index (χ3n) is 3.48. The van der Waals surface area contributed by atoms with E-state index in [-0.39, 0.29) is 23.6 Å². The van der Waals surface area contributed by atoms with Crippen LogP contribution in [0.15, 0.2) is 17.2 Å². The molecule has 0 radical (unpaired) electrons. The number of nitrogens with zero attached hydrogens (tertiary/aromatic N) is 2. The highest BCUT2D eigenvalue weighted by atomic mass is 16.2. The average molecular weight is 292 g/mol. The Morgan fingerprint density at radius 3 is 2.90 bits per heavy atom. The Labute approximate surface area is 122 Å². The number of hydrogen-bond donors (Lipinski definition) is 2. The molecule has 1 aromatic rings. The third-order valence-corrected chi connectivity index (χ3v) is 3.48. The Morgan fingerprint density at radius 1 is 1.48 bits per heavy atom. The highest BCUT2D eigenvalue weighted by Crippen LogP contribution is 2.13. The maximum absolute atomic E-state index is 12.0. The summed E-state index contributed by atoms with van der Waals surface area (Å²) < 4.78 is 0. The van der Waals surface area contributed by atoms with E-state index in [0.717, 1.165) is 12.8 Å². The van der Waals surface area contributed by atoms with Crippen molar-refractivity contribution in [2.24, 2.45) is 5.92 Å². The Hall–Kier alpha value is -2.18. The third kappa shape index (κ3) is 3.68. The van der Waals surface area contributed by atoms with Gasteiger partial charge in [-0.25, -0.2) is 4.98 Å². The zero-order chi connectivity index (χ0) is 15.4. The molecular weight excluding hydrogens is 272 g/mol. The topological polar surface area (TPSA) is 95.2 Å². The summed E-state index contributed by atoms with van der Waals surface area (Å²) in [6.07, 6.45) is 4.37. The quantitative estimate of drug-likeness (QED) is 0.829. The lowest BCUT2D eigenvalue weighted by molar-refractivity contribution is -0.135. The van der Waals surface area contributed by atoms with Crippen LogP contribution >= 0.6 is 0 Å². The molecule has 1 aliphatic heterocycles. The average Bonchev–Trinajstić information content (AvgIpc) is 2.47. The first kappa shape index (κ1) is 15.2. The molecule has 1 aliphatic rings. The molecular formula is C14H20N4O3. The minimum Gasteiger partial charge on any atom is -0.346 e. The van der Waals surface area contributed by atoms with Crippen LogP contribution in [0.1, 0.15) is 37.2 Å². The van der Waals surface area contributed by atoms with Crippen LogP contribution in [0.25, 0.3) is 0 Å². The van der Waals surface area contributed by atoms with Gasteiger partial charge in [-0.3, -0.25) is 14.4 Å². The van der Waals surface area contributed by atoms with Gasteiger partial charge in [0.05, 0.1) is 0 Å². The summed E-state index contributed by atoms with van der Waals surface area (Å²) in [5.74, 6) is -0.469. The highest BCUT2D eigenvalue weighted by molar-refractivity contribution is 5.92. The van der Waals surface area contributed by atoms with Crippen LogP contribution in [0.4, 0.5) is 0 Å². The maximum Gasteiger partial charge on any atom is 0.279 e. The van der Waals surface area contributed by atoms with Crippen molar-refractivity contribution in [3.05, 3.63) is 28.4 Å². The van der Waals surface area contributed by atoms with Gasteiger partial charge in [0.2, 0.25) is 5.91 Å². The maximum atomic E-state index is 12.0. The van der Waals surface area contributed by atoms with Gasteiger partial charge in [0.25, 0.3) is 11.5 Å². The Kier molecular flexibility index (Phi) is 4.72. The molecule has 1 fully saturated rings. The normalized spacial score (nSPS) is 18.6. The van der Waals surface area contributed by atoms with E-state index in [1.165, 1.54) is 12.4 Å². The predicted molar refractivity (Wildman–Crippen MR) is 76.8 cm³/mol. The Bertz CT molecular complexity index is 582. The summed E-state index contributed by atoms with van der Waals surface area (Å²) in [6.45, 7) is 4.91. The van der Waals surface area contributed by atoms with Gasteiger partial charge in [0.1, 0.15) is 0 Å². The first-order valence-corrected chi connectivity index (χ1v) is 7.12. The van der Waals surface area contributed by atoms with Gasteiger partial charge in [-0.15, -0.1) is 0 Å². The fourth-order valence-corrected chi connectivity index (χ4v) is 2.43. The van der Waals surface area contributed by atoms with Gasteiger partial charge < -0.3 is 15.2 Å². The van der Waals surface area contributed by atoms with Crippen molar-refractivity contribution in [2.45, 2.75) is 32.7 Å². The van der Waals surface area contributed by atoms with Crippen LogP contribution in [0.5, 0.6) is 0 Å². The number of H-pyrrole nitrogens is 1. The number of likely N-dealkylation sites (tertiary alicyclic amines) is 1. The molecule has 0 spiro atoms. The molecule has 114 valence electrons. The van der Waals surface area contributed by atoms with E-state index < -0.39 is 11.5 Å². The molecule has 1 aromatic heterocycles. The second kappa shape index (κ2) is 6.51. The lowest BCUT2D eigenvalue weighted by Crippen LogP contribution is -2.51. The molecule has 2 N–H and O–H groups in total. The number of piperidine rings is 1. The van der Waals surface area contributed by atoms with Crippen LogP contribution in [0.2, 0.25) is 0 Å². The molecule has 0 aromatic carbocycles. The number of aromatic amines is 1. The van der Waals surface area contributed by atoms with Gasteiger partial charge in [0, 0.05) is 37.4 Å². The van der Waals surface area contributed by atoms with Crippen LogP contribution < -0.4 is 10.9 Å². The van der Waals surface area contributed by atoms with Crippen LogP contribution in [-0.4, -0.2) is 45.8 Å². The van der Waals surface area contributed by atoms with Crippen molar-refractivity contribution in [1.29, 1.82) is 0 Å². The van der Waals surface area contributed by atoms with Crippen LogP contribution in [0, 0.1) is 5.92 Å². The molecule has 7 heteroatoms. The van der Waals surface area contributed by atoms with E-state index in [1.54, 1.807) is 4.90 Å². The van der Waals surface area contributed by atoms with Gasteiger partial charge >= 0.3 is 0 Å². The molecule has 21 heavy (non-hydrogen) atoms. The van der Waals surface area contributed by atoms with Gasteiger partial charge in [-0.2, -0.15) is 0 Å². The summed E-state index contributed by atoms with van der Waals surface area (Å²) in [5.41, 5.74) is -0.661. The van der Waals surface area contributed by atoms with E-state index in [4.69, 9.17) is 0 Å². The summed E-state index contributed by atoms with van der Waals surface area (Å²) in [7, 11) is 0. The zero-order valence-electron chi connectivity index (χ0n) is 12.3. The monoisotopic (exact) mass is 292 g/mol. The van der Waals surface area contributed by atoms with Crippen molar-refractivity contribution in [1.82, 2.24) is 20.2 Å². The number of carbonyl (C=O) groups is 2. The smallest absolute Gasteiger partial charge is 0.279 e. The second-order valence-electron chi connectivity index (χ2n) is 5.52. The lowest BCUT2D eigenvalue weighted by Gasteiger charge is -2.34. The molecule has 7 nitrogen and oxygen atoms in total. The number of aromatic nitrogens is 2. The zero-order valence-corrected chi connectivity index (χ0v) is 12.3. The standard InChI is InChI=1S/C14H20N4O3/c1-9(2)14(21)18-7-3-4-10(8-18)17-13(20)11-12(19)16-6-5-15-11/h5-6,9-10H,3-4,7-8H2,1-2H3,(H,16,19)(H,17,20). The number of rotatable bonds is 3. The van der Waals surface area contributed by atoms with E-state index in [9.17, 15) is 14.4 Å². The van der Waals surface area contributed by atoms with Gasteiger partial charge in [-0.05, 0) is 12.8 Å².